The Hall–Kier alpha value is -3.71. The average molecular weight is 564 g/mol. The summed E-state index contributed by atoms with van der Waals surface area (Å²) in [4.78, 5) is 23.6. The van der Waals surface area contributed by atoms with E-state index in [9.17, 15) is 26.4 Å². The van der Waals surface area contributed by atoms with Crippen molar-refractivity contribution in [1.82, 2.24) is 9.97 Å². The second kappa shape index (κ2) is 11.6. The zero-order valence-corrected chi connectivity index (χ0v) is 22.1. The highest BCUT2D eigenvalue weighted by Crippen LogP contribution is 2.30. The number of anilines is 3. The maximum absolute atomic E-state index is 12.7. The minimum atomic E-state index is -4.46. The maximum Gasteiger partial charge on any atom is 0.416 e. The highest BCUT2D eigenvalue weighted by atomic mass is 32.2. The Balaban J connectivity index is 1.51. The van der Waals surface area contributed by atoms with Crippen LogP contribution in [0.1, 0.15) is 25.1 Å². The van der Waals surface area contributed by atoms with Crippen molar-refractivity contribution in [3.8, 4) is 11.4 Å². The molecule has 0 spiro atoms. The molecule has 1 atom stereocenters. The summed E-state index contributed by atoms with van der Waals surface area (Å²) in [5.41, 5.74) is 0.813. The molecule has 9 nitrogen and oxygen atoms in total. The predicted molar refractivity (Wildman–Crippen MR) is 142 cm³/mol. The van der Waals surface area contributed by atoms with Gasteiger partial charge in [0.05, 0.1) is 36.3 Å². The number of hydrogen-bond donors (Lipinski definition) is 2. The van der Waals surface area contributed by atoms with Crippen LogP contribution in [0, 0.1) is 0 Å². The van der Waals surface area contributed by atoms with Crippen LogP contribution in [0.3, 0.4) is 0 Å². The van der Waals surface area contributed by atoms with Gasteiger partial charge in [0.2, 0.25) is 0 Å². The zero-order valence-electron chi connectivity index (χ0n) is 21.3. The monoisotopic (exact) mass is 563 g/mol. The van der Waals surface area contributed by atoms with Crippen LogP contribution in [0.2, 0.25) is 0 Å². The van der Waals surface area contributed by atoms with Gasteiger partial charge in [-0.05, 0) is 55.5 Å². The molecule has 39 heavy (non-hydrogen) atoms. The summed E-state index contributed by atoms with van der Waals surface area (Å²) in [6.07, 6.45) is -4.46. The third kappa shape index (κ3) is 7.45. The van der Waals surface area contributed by atoms with Gasteiger partial charge in [-0.15, -0.1) is 0 Å². The number of carbonyl (C=O) groups is 1. The fraction of sp³-hybridized carbons (Fsp3) is 0.346. The molecule has 0 bridgehead atoms. The summed E-state index contributed by atoms with van der Waals surface area (Å²) in [6, 6.07) is 11.8. The van der Waals surface area contributed by atoms with Crippen molar-refractivity contribution < 1.29 is 31.1 Å². The van der Waals surface area contributed by atoms with E-state index in [1.54, 1.807) is 37.3 Å². The van der Waals surface area contributed by atoms with Gasteiger partial charge in [-0.1, -0.05) is 6.92 Å². The number of amides is 2. The number of urea groups is 1. The summed E-state index contributed by atoms with van der Waals surface area (Å²) in [7, 11) is -3.33. The number of nitrogens with one attached hydrogen (secondary N) is 2. The fourth-order valence-corrected chi connectivity index (χ4v) is 4.77. The van der Waals surface area contributed by atoms with Gasteiger partial charge in [0, 0.05) is 35.3 Å². The van der Waals surface area contributed by atoms with Crippen LogP contribution in [0.15, 0.2) is 54.6 Å². The van der Waals surface area contributed by atoms with Crippen molar-refractivity contribution in [2.24, 2.45) is 0 Å². The van der Waals surface area contributed by atoms with E-state index in [4.69, 9.17) is 4.74 Å². The lowest BCUT2D eigenvalue weighted by Crippen LogP contribution is -2.44. The summed E-state index contributed by atoms with van der Waals surface area (Å²) in [5, 5.41) is 5.10. The Morgan fingerprint density at radius 2 is 1.67 bits per heavy atom. The first-order chi connectivity index (χ1) is 18.4. The van der Waals surface area contributed by atoms with E-state index in [1.165, 1.54) is 12.1 Å². The van der Waals surface area contributed by atoms with Crippen molar-refractivity contribution in [2.75, 3.05) is 41.0 Å². The smallest absolute Gasteiger partial charge is 0.377 e. The second-order valence-corrected chi connectivity index (χ2v) is 11.4. The molecule has 0 unspecified atom stereocenters. The van der Waals surface area contributed by atoms with Gasteiger partial charge in [-0.3, -0.25) is 0 Å². The molecule has 208 valence electrons. The number of aromatic nitrogens is 2. The molecule has 0 radical (unpaired) electrons. The number of sulfone groups is 1. The molecule has 4 rings (SSSR count). The highest BCUT2D eigenvalue weighted by Gasteiger charge is 2.30. The maximum atomic E-state index is 12.7. The second-order valence-electron chi connectivity index (χ2n) is 9.07. The molecule has 13 heteroatoms. The van der Waals surface area contributed by atoms with Crippen LogP contribution in [0.5, 0.6) is 0 Å². The molecule has 3 aromatic rings. The SMILES string of the molecule is CCS(=O)(=O)Cc1cc(N2CCOC[C@@H]2C)nc(-c2ccc(NC(=O)Nc3ccc(C(F)(F)F)cc3)cc2)n1. The van der Waals surface area contributed by atoms with Crippen LogP contribution >= 0.6 is 0 Å². The van der Waals surface area contributed by atoms with Crippen LogP contribution in [-0.2, 0) is 26.5 Å². The van der Waals surface area contributed by atoms with Gasteiger partial charge >= 0.3 is 12.2 Å². The fourth-order valence-electron chi connectivity index (χ4n) is 3.97. The molecule has 1 aliphatic heterocycles. The van der Waals surface area contributed by atoms with E-state index >= 15 is 0 Å². The van der Waals surface area contributed by atoms with Crippen molar-refractivity contribution in [1.29, 1.82) is 0 Å². The van der Waals surface area contributed by atoms with Crippen LogP contribution < -0.4 is 15.5 Å². The molecule has 1 fully saturated rings. The minimum Gasteiger partial charge on any atom is -0.377 e. The average Bonchev–Trinajstić information content (AvgIpc) is 2.88. The Morgan fingerprint density at radius 3 is 2.23 bits per heavy atom. The van der Waals surface area contributed by atoms with E-state index < -0.39 is 27.6 Å². The summed E-state index contributed by atoms with van der Waals surface area (Å²) >= 11 is 0. The van der Waals surface area contributed by atoms with E-state index in [-0.39, 0.29) is 23.2 Å². The standard InChI is InChI=1S/C26H28F3N5O4S/c1-3-39(36,37)16-22-14-23(34-12-13-38-15-17(34)2)33-24(30-22)18-4-8-20(9-5-18)31-25(35)32-21-10-6-19(7-11-21)26(27,28)29/h4-11,14,17H,3,12-13,15-16H2,1-2H3,(H2,31,32,35)/t17-/m0/s1. The van der Waals surface area contributed by atoms with Crippen molar-refractivity contribution in [3.63, 3.8) is 0 Å². The normalized spacial score (nSPS) is 16.1. The Labute approximate surface area is 224 Å². The van der Waals surface area contributed by atoms with Crippen LogP contribution in [-0.4, -0.2) is 56.0 Å². The molecule has 2 heterocycles. The third-order valence-corrected chi connectivity index (χ3v) is 7.72. The van der Waals surface area contributed by atoms with Crippen LogP contribution in [0.4, 0.5) is 35.2 Å². The molecule has 1 aromatic heterocycles. The number of carbonyl (C=O) groups excluding carboxylic acids is 1. The Bertz CT molecular complexity index is 1420. The quantitative estimate of drug-likeness (QED) is 0.418. The number of nitrogens with zero attached hydrogens (tertiary/aromatic N) is 3. The first-order valence-corrected chi connectivity index (χ1v) is 14.0. The number of rotatable bonds is 7. The van der Waals surface area contributed by atoms with E-state index in [2.05, 4.69) is 25.5 Å². The lowest BCUT2D eigenvalue weighted by atomic mass is 10.2. The number of morpholine rings is 1. The van der Waals surface area contributed by atoms with Gasteiger partial charge in [0.25, 0.3) is 0 Å². The van der Waals surface area contributed by atoms with E-state index in [0.29, 0.717) is 48.3 Å². The van der Waals surface area contributed by atoms with Gasteiger partial charge in [0.1, 0.15) is 5.82 Å². The number of alkyl halides is 3. The Kier molecular flexibility index (Phi) is 8.40. The van der Waals surface area contributed by atoms with Crippen molar-refractivity contribution >= 4 is 33.1 Å². The first-order valence-electron chi connectivity index (χ1n) is 12.2. The third-order valence-electron chi connectivity index (χ3n) is 6.11. The molecule has 1 saturated heterocycles. The van der Waals surface area contributed by atoms with Gasteiger partial charge in [-0.2, -0.15) is 13.2 Å². The topological polar surface area (TPSA) is 114 Å². The summed E-state index contributed by atoms with van der Waals surface area (Å²) in [5.74, 6) is 0.724. The highest BCUT2D eigenvalue weighted by molar-refractivity contribution is 7.90. The summed E-state index contributed by atoms with van der Waals surface area (Å²) in [6.45, 7) is 5.24. The predicted octanol–water partition coefficient (Wildman–Crippen LogP) is 4.97. The Morgan fingerprint density at radius 1 is 1.05 bits per heavy atom. The molecule has 2 amide bonds. The first kappa shape index (κ1) is 28.3. The number of benzene rings is 2. The zero-order chi connectivity index (χ0) is 28.2. The number of hydrogen-bond acceptors (Lipinski definition) is 7. The molecule has 0 aliphatic carbocycles. The molecule has 1 aliphatic rings. The molecule has 2 aromatic carbocycles. The van der Waals surface area contributed by atoms with Gasteiger partial charge < -0.3 is 20.3 Å². The van der Waals surface area contributed by atoms with Gasteiger partial charge in [0.15, 0.2) is 15.7 Å². The van der Waals surface area contributed by atoms with Gasteiger partial charge in [-0.25, -0.2) is 23.2 Å². The lowest BCUT2D eigenvalue weighted by Gasteiger charge is -2.34. The molecular formula is C26H28F3N5O4S. The van der Waals surface area contributed by atoms with Crippen molar-refractivity contribution in [3.05, 3.63) is 65.9 Å². The van der Waals surface area contributed by atoms with E-state index in [0.717, 1.165) is 12.1 Å². The number of ether oxygens (including phenoxy) is 1. The molecule has 0 saturated carbocycles. The largest absolute Gasteiger partial charge is 0.416 e. The van der Waals surface area contributed by atoms with Crippen molar-refractivity contribution in [2.45, 2.75) is 31.8 Å². The van der Waals surface area contributed by atoms with Crippen LogP contribution in [0.25, 0.3) is 11.4 Å². The summed E-state index contributed by atoms with van der Waals surface area (Å²) < 4.78 is 68.3. The minimum absolute atomic E-state index is 0.00939. The van der Waals surface area contributed by atoms with E-state index in [1.807, 2.05) is 6.92 Å². The molecule has 2 N–H and O–H groups in total. The lowest BCUT2D eigenvalue weighted by molar-refractivity contribution is -0.137. The number of halogens is 3. The molecular weight excluding hydrogens is 535 g/mol.